The second kappa shape index (κ2) is 23.0. The lowest BCUT2D eigenvalue weighted by atomic mass is 9.89. The van der Waals surface area contributed by atoms with Crippen molar-refractivity contribution in [3.05, 3.63) is 124 Å². The fourth-order valence-corrected chi connectivity index (χ4v) is 10.3. The van der Waals surface area contributed by atoms with Gasteiger partial charge < -0.3 is 40.2 Å². The zero-order valence-electron chi connectivity index (χ0n) is 41.1. The quantitative estimate of drug-likeness (QED) is 0.0990. The maximum absolute atomic E-state index is 13.1. The van der Waals surface area contributed by atoms with Crippen LogP contribution in [0.3, 0.4) is 0 Å². The van der Waals surface area contributed by atoms with E-state index in [2.05, 4.69) is 88.3 Å². The lowest BCUT2D eigenvalue weighted by Gasteiger charge is -2.40. The minimum atomic E-state index is -0.219. The molecule has 0 saturated heterocycles. The largest absolute Gasteiger partial charge is 0.369 e. The summed E-state index contributed by atoms with van der Waals surface area (Å²) < 4.78 is 0. The van der Waals surface area contributed by atoms with E-state index in [1.54, 1.807) is 6.07 Å². The van der Waals surface area contributed by atoms with Crippen molar-refractivity contribution in [2.75, 3.05) is 51.1 Å². The fraction of sp³-hybridized carbons (Fsp3) is 0.538. The molecule has 0 spiro atoms. The number of rotatable bonds is 14. The van der Waals surface area contributed by atoms with Crippen LogP contribution >= 0.6 is 11.6 Å². The highest BCUT2D eigenvalue weighted by molar-refractivity contribution is 6.31. The number of hydrogen-bond acceptors (Lipinski definition) is 8. The molecule has 2 fully saturated rings. The zero-order chi connectivity index (χ0) is 47.7. The van der Waals surface area contributed by atoms with E-state index in [-0.39, 0.29) is 36.0 Å². The Bertz CT molecular complexity index is 2390. The molecule has 2 aromatic heterocycles. The summed E-state index contributed by atoms with van der Waals surface area (Å²) in [5, 5.41) is 6.43. The van der Waals surface area contributed by atoms with Gasteiger partial charge in [0.25, 0.3) is 22.9 Å². The monoisotopic (exact) mass is 911 g/mol. The predicted octanol–water partition coefficient (Wildman–Crippen LogP) is 8.51. The second-order valence-corrected chi connectivity index (χ2v) is 19.2. The first-order valence-electron chi connectivity index (χ1n) is 23.6. The van der Waals surface area contributed by atoms with Gasteiger partial charge in [-0.15, -0.1) is 0 Å². The third kappa shape index (κ3) is 12.7. The Morgan fingerprint density at radius 3 is 1.40 bits per heavy atom. The second-order valence-electron chi connectivity index (χ2n) is 18.7. The van der Waals surface area contributed by atoms with Gasteiger partial charge in [0.15, 0.2) is 0 Å². The molecule has 0 aliphatic heterocycles. The minimum Gasteiger partial charge on any atom is -0.369 e. The van der Waals surface area contributed by atoms with Gasteiger partial charge in [-0.25, -0.2) is 0 Å². The number of carbonyl (C=O) groups excluding carboxylic acids is 2. The van der Waals surface area contributed by atoms with E-state index in [1.807, 2.05) is 71.9 Å². The van der Waals surface area contributed by atoms with Crippen LogP contribution < -0.4 is 31.6 Å². The van der Waals surface area contributed by atoms with Gasteiger partial charge in [0.05, 0.1) is 0 Å². The summed E-state index contributed by atoms with van der Waals surface area (Å²) in [6.07, 6.45) is 9.34. The molecular formula is C52H75ClN8O4. The molecule has 0 atom stereocenters. The van der Waals surface area contributed by atoms with Crippen LogP contribution in [-0.2, 0) is 13.1 Å². The number of halogens is 1. The number of anilines is 2. The van der Waals surface area contributed by atoms with Gasteiger partial charge in [0.1, 0.15) is 0 Å². The van der Waals surface area contributed by atoms with E-state index < -0.39 is 0 Å². The Balaban J connectivity index is 0.000000244. The Morgan fingerprint density at radius 2 is 0.985 bits per heavy atom. The van der Waals surface area contributed by atoms with Gasteiger partial charge in [0, 0.05) is 100 Å². The average Bonchev–Trinajstić information content (AvgIpc) is 3.25. The number of carbonyl (C=O) groups is 2. The topological polar surface area (TPSA) is 137 Å². The Morgan fingerprint density at radius 1 is 0.585 bits per heavy atom. The predicted molar refractivity (Wildman–Crippen MR) is 268 cm³/mol. The van der Waals surface area contributed by atoms with Crippen molar-refractivity contribution in [3.63, 3.8) is 0 Å². The lowest BCUT2D eigenvalue weighted by molar-refractivity contribution is 0.0942. The summed E-state index contributed by atoms with van der Waals surface area (Å²) >= 11 is 6.49. The zero-order valence-corrected chi connectivity index (χ0v) is 41.9. The minimum absolute atomic E-state index is 0.140. The van der Waals surface area contributed by atoms with Crippen molar-refractivity contribution >= 4 is 34.8 Å². The number of nitrogens with one attached hydrogen (secondary N) is 4. The number of hydrogen-bond donors (Lipinski definition) is 4. The molecular weight excluding hydrogens is 836 g/mol. The summed E-state index contributed by atoms with van der Waals surface area (Å²) in [4.78, 5) is 65.9. The Hall–Kier alpha value is -4.91. The third-order valence-corrected chi connectivity index (χ3v) is 14.2. The van der Waals surface area contributed by atoms with Gasteiger partial charge in [-0.3, -0.25) is 19.2 Å². The van der Waals surface area contributed by atoms with Crippen LogP contribution in [-0.4, -0.2) is 97.0 Å². The van der Waals surface area contributed by atoms with Gasteiger partial charge in [-0.1, -0.05) is 17.7 Å². The van der Waals surface area contributed by atoms with E-state index in [1.165, 1.54) is 38.5 Å². The molecule has 0 bridgehead atoms. The number of aromatic nitrogens is 2. The normalized spacial score (nSPS) is 18.5. The molecule has 2 saturated carbocycles. The number of nitrogens with zero attached hydrogens (tertiary/aromatic N) is 4. The number of aromatic amines is 2. The number of amides is 2. The van der Waals surface area contributed by atoms with Crippen molar-refractivity contribution in [2.45, 2.75) is 144 Å². The van der Waals surface area contributed by atoms with Crippen LogP contribution in [0.15, 0.2) is 52.1 Å². The molecule has 0 unspecified atom stereocenters. The summed E-state index contributed by atoms with van der Waals surface area (Å²) in [5.74, 6) is -0.362. The maximum Gasteiger partial charge on any atom is 0.253 e. The molecule has 65 heavy (non-hydrogen) atoms. The maximum atomic E-state index is 13.1. The van der Waals surface area contributed by atoms with Crippen LogP contribution in [0.2, 0.25) is 5.02 Å². The first-order chi connectivity index (χ1) is 30.8. The van der Waals surface area contributed by atoms with Crippen molar-refractivity contribution in [2.24, 2.45) is 0 Å². The molecule has 2 aromatic carbocycles. The summed E-state index contributed by atoms with van der Waals surface area (Å²) in [7, 11) is 8.64. The van der Waals surface area contributed by atoms with E-state index in [0.29, 0.717) is 51.4 Å². The Kier molecular flexibility index (Phi) is 18.1. The number of benzene rings is 2. The molecule has 2 heterocycles. The molecule has 354 valence electrons. The average molecular weight is 912 g/mol. The highest BCUT2D eigenvalue weighted by atomic mass is 35.5. The molecule has 2 aliphatic rings. The highest BCUT2D eigenvalue weighted by Crippen LogP contribution is 2.35. The molecule has 0 radical (unpaired) electrons. The van der Waals surface area contributed by atoms with Gasteiger partial charge in [-0.2, -0.15) is 0 Å². The standard InChI is InChI=1S/C26H37ClN4O2.C26H38N4O2/c1-7-31(21-10-8-20(9-11-21)30(5)6)24-14-19(27)13-22(18(24)4)25(32)28-15-23-16(2)12-17(3)29-26(23)33;1-7-30(21-13-11-20(12-14-21)29(5)6)24-10-8-9-22(19(24)4)25(31)27-16-23-17(2)15-18(3)28-26(23)32/h12-14,20-21H,7-11,15H2,1-6H3,(H,28,32)(H,29,33);8-10,15,20-21H,7,11-14,16H2,1-6H3,(H,27,31)(H,28,32). The van der Waals surface area contributed by atoms with Crippen molar-refractivity contribution < 1.29 is 9.59 Å². The van der Waals surface area contributed by atoms with Crippen LogP contribution in [0.5, 0.6) is 0 Å². The van der Waals surface area contributed by atoms with Gasteiger partial charge in [0.2, 0.25) is 0 Å². The third-order valence-electron chi connectivity index (χ3n) is 14.0. The first kappa shape index (κ1) is 51.1. The van der Waals surface area contributed by atoms with E-state index >= 15 is 0 Å². The van der Waals surface area contributed by atoms with Crippen molar-refractivity contribution in [1.82, 2.24) is 30.4 Å². The van der Waals surface area contributed by atoms with Crippen LogP contribution in [0.4, 0.5) is 11.4 Å². The lowest BCUT2D eigenvalue weighted by Crippen LogP contribution is -2.42. The molecule has 4 N–H and O–H groups in total. The molecule has 2 amide bonds. The number of H-pyrrole nitrogens is 2. The molecule has 6 rings (SSSR count). The van der Waals surface area contributed by atoms with Gasteiger partial charge in [-0.05, 0) is 194 Å². The molecule has 13 heteroatoms. The van der Waals surface area contributed by atoms with E-state index in [0.717, 1.165) is 70.9 Å². The smallest absolute Gasteiger partial charge is 0.253 e. The SMILES string of the molecule is CCN(c1cc(Cl)cc(C(=O)NCc2c(C)cc(C)[nH]c2=O)c1C)C1CCC(N(C)C)CC1.CCN(c1cccc(C(=O)NCc2c(C)cc(C)[nH]c2=O)c1C)C1CCC(N(C)C)CC1. The first-order valence-corrected chi connectivity index (χ1v) is 23.9. The molecule has 12 nitrogen and oxygen atoms in total. The molecule has 2 aliphatic carbocycles. The number of aryl methyl sites for hydroxylation is 4. The van der Waals surface area contributed by atoms with E-state index in [4.69, 9.17) is 11.6 Å². The van der Waals surface area contributed by atoms with Crippen LogP contribution in [0, 0.1) is 41.5 Å². The summed E-state index contributed by atoms with van der Waals surface area (Å²) in [6.45, 7) is 18.0. The Labute approximate surface area is 392 Å². The van der Waals surface area contributed by atoms with Crippen molar-refractivity contribution in [1.29, 1.82) is 0 Å². The highest BCUT2D eigenvalue weighted by Gasteiger charge is 2.30. The van der Waals surface area contributed by atoms with Crippen LogP contribution in [0.25, 0.3) is 0 Å². The van der Waals surface area contributed by atoms with E-state index in [9.17, 15) is 19.2 Å². The van der Waals surface area contributed by atoms with Crippen LogP contribution in [0.1, 0.15) is 131 Å². The molecule has 4 aromatic rings. The summed E-state index contributed by atoms with van der Waals surface area (Å²) in [5.41, 5.74) is 9.56. The van der Waals surface area contributed by atoms with Gasteiger partial charge >= 0.3 is 0 Å². The summed E-state index contributed by atoms with van der Waals surface area (Å²) in [6, 6.07) is 15.7. The fourth-order valence-electron chi connectivity index (χ4n) is 10.1. The number of pyridine rings is 2. The van der Waals surface area contributed by atoms with Crippen molar-refractivity contribution in [3.8, 4) is 0 Å².